The van der Waals surface area contributed by atoms with Crippen molar-refractivity contribution in [3.05, 3.63) is 23.2 Å². The van der Waals surface area contributed by atoms with Gasteiger partial charge in [-0.05, 0) is 12.1 Å². The molecule has 2 N–H and O–H groups in total. The van der Waals surface area contributed by atoms with Gasteiger partial charge in [-0.2, -0.15) is 22.0 Å². The van der Waals surface area contributed by atoms with Gasteiger partial charge >= 0.3 is 12.1 Å². The summed E-state index contributed by atoms with van der Waals surface area (Å²) in [6.45, 7) is -1.85. The van der Waals surface area contributed by atoms with Gasteiger partial charge in [0.05, 0.1) is 10.7 Å². The molecule has 0 atom stereocenters. The molecule has 0 aliphatic carbocycles. The van der Waals surface area contributed by atoms with E-state index in [-0.39, 0.29) is 16.5 Å². The summed E-state index contributed by atoms with van der Waals surface area (Å²) >= 11 is 5.54. The van der Waals surface area contributed by atoms with Crippen molar-refractivity contribution in [1.29, 1.82) is 0 Å². The molecule has 0 unspecified atom stereocenters. The second kappa shape index (κ2) is 4.56. The zero-order valence-corrected chi connectivity index (χ0v) is 8.95. The third-order valence-corrected chi connectivity index (χ3v) is 2.17. The predicted octanol–water partition coefficient (Wildman–Crippen LogP) is 3.50. The first kappa shape index (κ1) is 13.8. The third kappa shape index (κ3) is 3.12. The largest absolute Gasteiger partial charge is 0.485 e. The van der Waals surface area contributed by atoms with Crippen molar-refractivity contribution in [3.8, 4) is 5.75 Å². The molecule has 0 heterocycles. The molecule has 0 spiro atoms. The Kier molecular flexibility index (Phi) is 3.71. The van der Waals surface area contributed by atoms with Gasteiger partial charge in [-0.1, -0.05) is 17.7 Å². The Bertz CT molecular complexity index is 407. The number of para-hydroxylation sites is 1. The van der Waals surface area contributed by atoms with Gasteiger partial charge in [0.2, 0.25) is 0 Å². The zero-order valence-electron chi connectivity index (χ0n) is 8.19. The summed E-state index contributed by atoms with van der Waals surface area (Å²) in [5, 5.41) is 0.0119. The Morgan fingerprint density at radius 3 is 2.29 bits per heavy atom. The van der Waals surface area contributed by atoms with E-state index in [0.717, 1.165) is 6.07 Å². The average molecular weight is 276 g/mol. The van der Waals surface area contributed by atoms with E-state index in [1.54, 1.807) is 0 Å². The maximum Gasteiger partial charge on any atom is 0.456 e. The van der Waals surface area contributed by atoms with Gasteiger partial charge in [0.1, 0.15) is 5.75 Å². The molecule has 0 bridgehead atoms. The Balaban J connectivity index is 2.78. The number of benzene rings is 1. The Morgan fingerprint density at radius 1 is 1.18 bits per heavy atom. The van der Waals surface area contributed by atoms with Gasteiger partial charge in [-0.3, -0.25) is 0 Å². The smallest absolute Gasteiger partial charge is 0.456 e. The minimum Gasteiger partial charge on any atom is -0.485 e. The number of halogens is 6. The highest BCUT2D eigenvalue weighted by Crippen LogP contribution is 2.37. The van der Waals surface area contributed by atoms with Crippen LogP contribution in [0, 0.1) is 0 Å². The molecule has 0 aromatic heterocycles. The summed E-state index contributed by atoms with van der Waals surface area (Å²) in [7, 11) is 0. The fourth-order valence-electron chi connectivity index (χ4n) is 0.893. The highest BCUT2D eigenvalue weighted by molar-refractivity contribution is 6.33. The standard InChI is InChI=1S/C9H7ClF5NO/c10-5-2-1-3-6(7(5)16)17-4-8(11,12)9(13,14)15/h1-3H,4,16H2. The molecule has 0 aliphatic rings. The van der Waals surface area contributed by atoms with Crippen molar-refractivity contribution in [1.82, 2.24) is 0 Å². The Hall–Kier alpha value is -1.24. The van der Waals surface area contributed by atoms with E-state index in [1.807, 2.05) is 0 Å². The summed E-state index contributed by atoms with van der Waals surface area (Å²) in [6.07, 6.45) is -5.67. The minimum absolute atomic E-state index is 0.0119. The van der Waals surface area contributed by atoms with E-state index in [0.29, 0.717) is 0 Å². The summed E-state index contributed by atoms with van der Waals surface area (Å²) in [6, 6.07) is 3.82. The van der Waals surface area contributed by atoms with Crippen LogP contribution in [0.3, 0.4) is 0 Å². The summed E-state index contributed by atoms with van der Waals surface area (Å²) in [5.74, 6) is -5.26. The fourth-order valence-corrected chi connectivity index (χ4v) is 1.06. The van der Waals surface area contributed by atoms with E-state index < -0.39 is 18.7 Å². The van der Waals surface area contributed by atoms with Gasteiger partial charge < -0.3 is 10.5 Å². The van der Waals surface area contributed by atoms with E-state index in [4.69, 9.17) is 17.3 Å². The van der Waals surface area contributed by atoms with E-state index in [9.17, 15) is 22.0 Å². The SMILES string of the molecule is Nc1c(Cl)cccc1OCC(F)(F)C(F)(F)F. The molecule has 0 amide bonds. The fraction of sp³-hybridized carbons (Fsp3) is 0.333. The van der Waals surface area contributed by atoms with Crippen molar-refractivity contribution < 1.29 is 26.7 Å². The first-order chi connectivity index (χ1) is 7.65. The average Bonchev–Trinajstić information content (AvgIpc) is 2.18. The highest BCUT2D eigenvalue weighted by atomic mass is 35.5. The van der Waals surface area contributed by atoms with Crippen LogP contribution in [0.2, 0.25) is 5.02 Å². The van der Waals surface area contributed by atoms with Crippen molar-refractivity contribution in [2.75, 3.05) is 12.3 Å². The van der Waals surface area contributed by atoms with Crippen LogP contribution in [0.5, 0.6) is 5.75 Å². The van der Waals surface area contributed by atoms with Crippen LogP contribution in [0.15, 0.2) is 18.2 Å². The normalized spacial score (nSPS) is 12.6. The first-order valence-electron chi connectivity index (χ1n) is 4.26. The van der Waals surface area contributed by atoms with Crippen LogP contribution >= 0.6 is 11.6 Å². The molecule has 2 nitrogen and oxygen atoms in total. The van der Waals surface area contributed by atoms with Crippen molar-refractivity contribution >= 4 is 17.3 Å². The molecule has 1 aromatic rings. The van der Waals surface area contributed by atoms with Gasteiger partial charge in [0, 0.05) is 0 Å². The molecule has 0 fully saturated rings. The lowest BCUT2D eigenvalue weighted by atomic mass is 10.3. The van der Waals surface area contributed by atoms with E-state index in [1.165, 1.54) is 12.1 Å². The first-order valence-corrected chi connectivity index (χ1v) is 4.64. The molecule has 0 saturated heterocycles. The highest BCUT2D eigenvalue weighted by Gasteiger charge is 2.58. The lowest BCUT2D eigenvalue weighted by molar-refractivity contribution is -0.289. The van der Waals surface area contributed by atoms with E-state index in [2.05, 4.69) is 4.74 Å². The van der Waals surface area contributed by atoms with Gasteiger partial charge in [0.15, 0.2) is 6.61 Å². The molecule has 96 valence electrons. The minimum atomic E-state index is -5.67. The molecule has 1 rings (SSSR count). The van der Waals surface area contributed by atoms with Crippen LogP contribution in [0.4, 0.5) is 27.6 Å². The lowest BCUT2D eigenvalue weighted by Gasteiger charge is -2.20. The number of hydrogen-bond acceptors (Lipinski definition) is 2. The van der Waals surface area contributed by atoms with Crippen LogP contribution in [-0.2, 0) is 0 Å². The van der Waals surface area contributed by atoms with Gasteiger partial charge in [-0.15, -0.1) is 0 Å². The topological polar surface area (TPSA) is 35.2 Å². The molecule has 8 heteroatoms. The summed E-state index contributed by atoms with van der Waals surface area (Å²) < 4.78 is 64.9. The van der Waals surface area contributed by atoms with Crippen LogP contribution in [0.25, 0.3) is 0 Å². The van der Waals surface area contributed by atoms with Crippen molar-refractivity contribution in [2.24, 2.45) is 0 Å². The Morgan fingerprint density at radius 2 is 1.76 bits per heavy atom. The maximum atomic E-state index is 12.5. The van der Waals surface area contributed by atoms with E-state index >= 15 is 0 Å². The number of rotatable bonds is 3. The summed E-state index contributed by atoms with van der Waals surface area (Å²) in [5.41, 5.74) is 5.15. The quantitative estimate of drug-likeness (QED) is 0.677. The maximum absolute atomic E-state index is 12.5. The van der Waals surface area contributed by atoms with Crippen LogP contribution in [-0.4, -0.2) is 18.7 Å². The number of nitrogen functional groups attached to an aromatic ring is 1. The third-order valence-electron chi connectivity index (χ3n) is 1.84. The summed E-state index contributed by atoms with van der Waals surface area (Å²) in [4.78, 5) is 0. The van der Waals surface area contributed by atoms with Crippen LogP contribution in [0.1, 0.15) is 0 Å². The second-order valence-electron chi connectivity index (χ2n) is 3.14. The van der Waals surface area contributed by atoms with Crippen molar-refractivity contribution in [3.63, 3.8) is 0 Å². The molecular formula is C9H7ClF5NO. The zero-order chi connectivity index (χ0) is 13.3. The molecular weight excluding hydrogens is 269 g/mol. The number of anilines is 1. The molecule has 1 aromatic carbocycles. The Labute approximate surface area is 98.1 Å². The molecule has 0 saturated carbocycles. The molecule has 0 radical (unpaired) electrons. The monoisotopic (exact) mass is 275 g/mol. The number of ether oxygens (including phenoxy) is 1. The number of nitrogens with two attached hydrogens (primary N) is 1. The lowest BCUT2D eigenvalue weighted by Crippen LogP contribution is -2.41. The number of hydrogen-bond donors (Lipinski definition) is 1. The molecule has 17 heavy (non-hydrogen) atoms. The predicted molar refractivity (Wildman–Crippen MR) is 52.4 cm³/mol. The van der Waals surface area contributed by atoms with Gasteiger partial charge in [0.25, 0.3) is 0 Å². The number of alkyl halides is 5. The van der Waals surface area contributed by atoms with Gasteiger partial charge in [-0.25, -0.2) is 0 Å². The van der Waals surface area contributed by atoms with Crippen molar-refractivity contribution in [2.45, 2.75) is 12.1 Å². The second-order valence-corrected chi connectivity index (χ2v) is 3.55. The van der Waals surface area contributed by atoms with Crippen LogP contribution < -0.4 is 10.5 Å². The molecule has 0 aliphatic heterocycles.